The highest BCUT2D eigenvalue weighted by Gasteiger charge is 2.24. The number of carbonyl (C=O) groups excluding carboxylic acids is 1. The zero-order chi connectivity index (χ0) is 13.3. The molecule has 2 N–H and O–H groups in total. The first-order valence-electron chi connectivity index (χ1n) is 6.42. The highest BCUT2D eigenvalue weighted by Crippen LogP contribution is 2.15. The van der Waals surface area contributed by atoms with E-state index in [1.54, 1.807) is 11.9 Å². The van der Waals surface area contributed by atoms with Crippen molar-refractivity contribution in [3.63, 3.8) is 0 Å². The van der Waals surface area contributed by atoms with Gasteiger partial charge in [-0.3, -0.25) is 4.79 Å². The molecule has 0 aliphatic carbocycles. The maximum Gasteiger partial charge on any atom is 0.227 e. The number of hydrogen-bond acceptors (Lipinski definition) is 4. The van der Waals surface area contributed by atoms with Crippen molar-refractivity contribution in [3.05, 3.63) is 11.6 Å². The van der Waals surface area contributed by atoms with Gasteiger partial charge >= 0.3 is 0 Å². The van der Waals surface area contributed by atoms with E-state index in [4.69, 9.17) is 5.73 Å². The molecule has 2 heterocycles. The molecule has 0 fully saturated rings. The van der Waals surface area contributed by atoms with Gasteiger partial charge in [0.15, 0.2) is 5.82 Å². The summed E-state index contributed by atoms with van der Waals surface area (Å²) >= 11 is 0. The number of carbonyl (C=O) groups is 1. The van der Waals surface area contributed by atoms with Crippen LogP contribution in [-0.4, -0.2) is 38.7 Å². The van der Waals surface area contributed by atoms with Crippen molar-refractivity contribution in [1.82, 2.24) is 19.7 Å². The van der Waals surface area contributed by atoms with Crippen LogP contribution < -0.4 is 5.73 Å². The van der Waals surface area contributed by atoms with Crippen LogP contribution in [0.5, 0.6) is 0 Å². The maximum atomic E-state index is 12.1. The molecular weight excluding hydrogens is 230 g/mol. The van der Waals surface area contributed by atoms with E-state index in [1.165, 1.54) is 0 Å². The molecule has 2 rings (SSSR count). The third kappa shape index (κ3) is 2.38. The number of rotatable bonds is 4. The Balaban J connectivity index is 2.03. The van der Waals surface area contributed by atoms with Gasteiger partial charge < -0.3 is 15.2 Å². The van der Waals surface area contributed by atoms with Gasteiger partial charge in [0, 0.05) is 26.1 Å². The molecule has 0 radical (unpaired) electrons. The predicted molar refractivity (Wildman–Crippen MR) is 67.6 cm³/mol. The number of nitrogens with zero attached hydrogens (tertiary/aromatic N) is 4. The van der Waals surface area contributed by atoms with Gasteiger partial charge in [-0.2, -0.15) is 0 Å². The molecule has 0 saturated heterocycles. The topological polar surface area (TPSA) is 77.0 Å². The summed E-state index contributed by atoms with van der Waals surface area (Å²) < 4.78 is 2.11. The van der Waals surface area contributed by atoms with Crippen molar-refractivity contribution in [2.24, 2.45) is 11.7 Å². The fourth-order valence-electron chi connectivity index (χ4n) is 2.19. The normalized spacial score (nSPS) is 17.3. The van der Waals surface area contributed by atoms with Crippen molar-refractivity contribution in [3.8, 4) is 0 Å². The van der Waals surface area contributed by atoms with E-state index in [2.05, 4.69) is 14.8 Å². The molecule has 0 saturated carbocycles. The quantitative estimate of drug-likeness (QED) is 0.827. The molecule has 0 aromatic carbocycles. The summed E-state index contributed by atoms with van der Waals surface area (Å²) in [4.78, 5) is 13.8. The second-order valence-corrected chi connectivity index (χ2v) is 5.13. The molecule has 18 heavy (non-hydrogen) atoms. The Morgan fingerprint density at radius 3 is 2.89 bits per heavy atom. The monoisotopic (exact) mass is 251 g/mol. The lowest BCUT2D eigenvalue weighted by Crippen LogP contribution is -2.39. The zero-order valence-electron chi connectivity index (χ0n) is 11.3. The summed E-state index contributed by atoms with van der Waals surface area (Å²) in [5.41, 5.74) is 5.76. The molecule has 1 aromatic rings. The average molecular weight is 251 g/mol. The van der Waals surface area contributed by atoms with Crippen molar-refractivity contribution in [1.29, 1.82) is 0 Å². The molecule has 1 aromatic heterocycles. The minimum Gasteiger partial charge on any atom is -0.338 e. The number of hydrogen-bond donors (Lipinski definition) is 1. The van der Waals surface area contributed by atoms with Crippen LogP contribution in [0.4, 0.5) is 0 Å². The lowest BCUT2D eigenvalue weighted by atomic mass is 10.0. The fraction of sp³-hybridized carbons (Fsp3) is 0.750. The first-order valence-corrected chi connectivity index (χ1v) is 6.42. The predicted octanol–water partition coefficient (Wildman–Crippen LogP) is 0.166. The smallest absolute Gasteiger partial charge is 0.227 e. The highest BCUT2D eigenvalue weighted by atomic mass is 16.2. The van der Waals surface area contributed by atoms with E-state index >= 15 is 0 Å². The van der Waals surface area contributed by atoms with Gasteiger partial charge in [-0.15, -0.1) is 10.2 Å². The van der Waals surface area contributed by atoms with Crippen LogP contribution in [0.15, 0.2) is 0 Å². The minimum absolute atomic E-state index is 0.0559. The Bertz CT molecular complexity index is 440. The number of aromatic nitrogens is 3. The average Bonchev–Trinajstić information content (AvgIpc) is 2.91. The third-order valence-electron chi connectivity index (χ3n) is 3.62. The Kier molecular flexibility index (Phi) is 3.65. The van der Waals surface area contributed by atoms with Crippen LogP contribution in [-0.2, 0) is 24.3 Å². The van der Waals surface area contributed by atoms with Crippen LogP contribution >= 0.6 is 0 Å². The van der Waals surface area contributed by atoms with E-state index < -0.39 is 0 Å². The molecule has 2 atom stereocenters. The number of fused-ring (bicyclic) bond motifs is 1. The van der Waals surface area contributed by atoms with Gasteiger partial charge in [-0.25, -0.2) is 0 Å². The second-order valence-electron chi connectivity index (χ2n) is 5.13. The number of nitrogens with two attached hydrogens (primary N) is 1. The van der Waals surface area contributed by atoms with Crippen LogP contribution in [0, 0.1) is 5.92 Å². The number of aryl methyl sites for hydroxylation is 1. The first-order chi connectivity index (χ1) is 8.50. The van der Waals surface area contributed by atoms with Gasteiger partial charge in [0.2, 0.25) is 5.91 Å². The molecule has 6 heteroatoms. The standard InChI is InChI=1S/C12H21N5O/c1-8(9(2)13)12(18)16(3)7-11-15-14-10-5-4-6-17(10)11/h8-9H,4-7,13H2,1-3H3. The minimum atomic E-state index is -0.170. The summed E-state index contributed by atoms with van der Waals surface area (Å²) in [6.07, 6.45) is 2.10. The number of amides is 1. The van der Waals surface area contributed by atoms with Crippen molar-refractivity contribution < 1.29 is 4.79 Å². The van der Waals surface area contributed by atoms with E-state index in [1.807, 2.05) is 13.8 Å². The summed E-state index contributed by atoms with van der Waals surface area (Å²) in [6.45, 7) is 5.17. The Morgan fingerprint density at radius 2 is 2.22 bits per heavy atom. The second kappa shape index (κ2) is 5.06. The molecule has 6 nitrogen and oxygen atoms in total. The van der Waals surface area contributed by atoms with Crippen molar-refractivity contribution >= 4 is 5.91 Å². The van der Waals surface area contributed by atoms with Gasteiger partial charge in [0.05, 0.1) is 12.5 Å². The van der Waals surface area contributed by atoms with Crippen LogP contribution in [0.1, 0.15) is 31.9 Å². The zero-order valence-corrected chi connectivity index (χ0v) is 11.3. The Hall–Kier alpha value is -1.43. The van der Waals surface area contributed by atoms with E-state index in [0.29, 0.717) is 6.54 Å². The molecular formula is C12H21N5O. The van der Waals surface area contributed by atoms with Gasteiger partial charge in [0.25, 0.3) is 0 Å². The van der Waals surface area contributed by atoms with Gasteiger partial charge in [-0.1, -0.05) is 6.92 Å². The highest BCUT2D eigenvalue weighted by molar-refractivity contribution is 5.78. The molecule has 0 bridgehead atoms. The van der Waals surface area contributed by atoms with Crippen LogP contribution in [0.25, 0.3) is 0 Å². The lowest BCUT2D eigenvalue weighted by molar-refractivity contribution is -0.134. The van der Waals surface area contributed by atoms with Gasteiger partial charge in [0.1, 0.15) is 5.82 Å². The SMILES string of the molecule is CC(N)C(C)C(=O)N(C)Cc1nnc2n1CCC2. The summed E-state index contributed by atoms with van der Waals surface area (Å²) in [5, 5.41) is 8.29. The Morgan fingerprint density at radius 1 is 1.50 bits per heavy atom. The maximum absolute atomic E-state index is 12.1. The molecule has 1 aliphatic heterocycles. The summed E-state index contributed by atoms with van der Waals surface area (Å²) in [6, 6.07) is -0.135. The lowest BCUT2D eigenvalue weighted by Gasteiger charge is -2.23. The van der Waals surface area contributed by atoms with Crippen LogP contribution in [0.2, 0.25) is 0 Å². The molecule has 2 unspecified atom stereocenters. The van der Waals surface area contributed by atoms with Gasteiger partial charge in [-0.05, 0) is 13.3 Å². The summed E-state index contributed by atoms with van der Waals surface area (Å²) in [7, 11) is 1.79. The molecule has 100 valence electrons. The van der Waals surface area contributed by atoms with Crippen LogP contribution in [0.3, 0.4) is 0 Å². The molecule has 0 spiro atoms. The molecule has 1 amide bonds. The van der Waals surface area contributed by atoms with Crippen molar-refractivity contribution in [2.75, 3.05) is 7.05 Å². The Labute approximate surface area is 107 Å². The summed E-state index contributed by atoms with van der Waals surface area (Å²) in [5.74, 6) is 1.79. The largest absolute Gasteiger partial charge is 0.338 e. The third-order valence-corrected chi connectivity index (χ3v) is 3.62. The van der Waals surface area contributed by atoms with E-state index in [-0.39, 0.29) is 17.9 Å². The van der Waals surface area contributed by atoms with Crippen molar-refractivity contribution in [2.45, 2.75) is 45.8 Å². The molecule has 1 aliphatic rings. The fourth-order valence-corrected chi connectivity index (χ4v) is 2.19. The van der Waals surface area contributed by atoms with E-state index in [9.17, 15) is 4.79 Å². The van der Waals surface area contributed by atoms with E-state index in [0.717, 1.165) is 31.0 Å². The first kappa shape index (κ1) is 13.0.